The molecule has 4 rings (SSSR count). The van der Waals surface area contributed by atoms with Gasteiger partial charge in [0.15, 0.2) is 0 Å². The van der Waals surface area contributed by atoms with Crippen molar-refractivity contribution in [2.75, 3.05) is 44.3 Å². The number of halogens is 1. The zero-order chi connectivity index (χ0) is 19.3. The molecule has 1 unspecified atom stereocenters. The van der Waals surface area contributed by atoms with Gasteiger partial charge in [-0.15, -0.1) is 0 Å². The third kappa shape index (κ3) is 4.26. The van der Waals surface area contributed by atoms with Crippen molar-refractivity contribution < 1.29 is 14.3 Å². The molecule has 5 nitrogen and oxygen atoms in total. The molecule has 0 spiro atoms. The SMILES string of the molecule is O=C(c1ccccc1OCC1CCCO1)N1CCN(c2ccccc2Cl)CC1. The molecule has 2 aromatic carbocycles. The Hall–Kier alpha value is -2.24. The van der Waals surface area contributed by atoms with Gasteiger partial charge in [-0.3, -0.25) is 4.79 Å². The molecule has 1 atom stereocenters. The highest BCUT2D eigenvalue weighted by Gasteiger charge is 2.25. The first kappa shape index (κ1) is 19.1. The van der Waals surface area contributed by atoms with Gasteiger partial charge in [0.05, 0.1) is 22.4 Å². The fraction of sp³-hybridized carbons (Fsp3) is 0.409. The predicted octanol–water partition coefficient (Wildman–Crippen LogP) is 3.86. The van der Waals surface area contributed by atoms with Crippen LogP contribution in [0.15, 0.2) is 48.5 Å². The normalized spacial score (nSPS) is 19.7. The van der Waals surface area contributed by atoms with Crippen LogP contribution >= 0.6 is 11.6 Å². The van der Waals surface area contributed by atoms with Gasteiger partial charge >= 0.3 is 0 Å². The molecule has 2 saturated heterocycles. The monoisotopic (exact) mass is 400 g/mol. The third-order valence-electron chi connectivity index (χ3n) is 5.33. The Balaban J connectivity index is 1.39. The molecule has 0 saturated carbocycles. The number of nitrogens with zero attached hydrogens (tertiary/aromatic N) is 2. The van der Waals surface area contributed by atoms with E-state index in [1.165, 1.54) is 0 Å². The first-order valence-electron chi connectivity index (χ1n) is 9.84. The molecule has 2 heterocycles. The van der Waals surface area contributed by atoms with Crippen LogP contribution in [0.5, 0.6) is 5.75 Å². The smallest absolute Gasteiger partial charge is 0.257 e. The largest absolute Gasteiger partial charge is 0.490 e. The Morgan fingerprint density at radius 1 is 1.07 bits per heavy atom. The number of hydrogen-bond donors (Lipinski definition) is 0. The van der Waals surface area contributed by atoms with Crippen LogP contribution < -0.4 is 9.64 Å². The number of benzene rings is 2. The van der Waals surface area contributed by atoms with Crippen molar-refractivity contribution >= 4 is 23.2 Å². The number of anilines is 1. The Morgan fingerprint density at radius 3 is 2.57 bits per heavy atom. The molecule has 28 heavy (non-hydrogen) atoms. The Kier molecular flexibility index (Phi) is 6.03. The van der Waals surface area contributed by atoms with E-state index in [0.717, 1.165) is 43.2 Å². The van der Waals surface area contributed by atoms with Crippen molar-refractivity contribution in [2.24, 2.45) is 0 Å². The van der Waals surface area contributed by atoms with Gasteiger partial charge in [-0.2, -0.15) is 0 Å². The van der Waals surface area contributed by atoms with Crippen molar-refractivity contribution in [1.29, 1.82) is 0 Å². The van der Waals surface area contributed by atoms with Crippen LogP contribution in [0, 0.1) is 0 Å². The third-order valence-corrected chi connectivity index (χ3v) is 5.65. The van der Waals surface area contributed by atoms with Gasteiger partial charge in [-0.1, -0.05) is 35.9 Å². The van der Waals surface area contributed by atoms with Gasteiger partial charge in [-0.05, 0) is 37.1 Å². The summed E-state index contributed by atoms with van der Waals surface area (Å²) in [4.78, 5) is 17.2. The van der Waals surface area contributed by atoms with Gasteiger partial charge in [0.1, 0.15) is 12.4 Å². The highest BCUT2D eigenvalue weighted by molar-refractivity contribution is 6.33. The van der Waals surface area contributed by atoms with Crippen molar-refractivity contribution in [3.63, 3.8) is 0 Å². The first-order valence-corrected chi connectivity index (χ1v) is 10.2. The molecule has 2 aromatic rings. The molecule has 148 valence electrons. The lowest BCUT2D eigenvalue weighted by Crippen LogP contribution is -2.49. The lowest BCUT2D eigenvalue weighted by Gasteiger charge is -2.36. The summed E-state index contributed by atoms with van der Waals surface area (Å²) in [6, 6.07) is 15.3. The molecule has 0 N–H and O–H groups in total. The molecule has 0 radical (unpaired) electrons. The standard InChI is InChI=1S/C22H25ClN2O3/c23-19-8-2-3-9-20(19)24-11-13-25(14-12-24)22(26)18-7-1-4-10-21(18)28-16-17-6-5-15-27-17/h1-4,7-10,17H,5-6,11-16H2. The van der Waals surface area contributed by atoms with Crippen molar-refractivity contribution in [2.45, 2.75) is 18.9 Å². The molecule has 2 aliphatic rings. The summed E-state index contributed by atoms with van der Waals surface area (Å²) in [6.45, 7) is 4.12. The molecule has 0 bridgehead atoms. The van der Waals surface area contributed by atoms with E-state index in [2.05, 4.69) is 4.90 Å². The molecule has 1 amide bonds. The first-order chi connectivity index (χ1) is 13.7. The summed E-state index contributed by atoms with van der Waals surface area (Å²) in [7, 11) is 0. The highest BCUT2D eigenvalue weighted by atomic mass is 35.5. The van der Waals surface area contributed by atoms with Crippen LogP contribution in [0.3, 0.4) is 0 Å². The van der Waals surface area contributed by atoms with Gasteiger partial charge < -0.3 is 19.3 Å². The summed E-state index contributed by atoms with van der Waals surface area (Å²) in [6.07, 6.45) is 2.21. The Morgan fingerprint density at radius 2 is 1.82 bits per heavy atom. The Labute approximate surface area is 170 Å². The molecule has 0 aromatic heterocycles. The van der Waals surface area contributed by atoms with E-state index in [1.807, 2.05) is 53.4 Å². The topological polar surface area (TPSA) is 42.0 Å². The van der Waals surface area contributed by atoms with Crippen LogP contribution in [-0.2, 0) is 4.74 Å². The maximum atomic E-state index is 13.1. The lowest BCUT2D eigenvalue weighted by atomic mass is 10.1. The zero-order valence-electron chi connectivity index (χ0n) is 15.9. The van der Waals surface area contributed by atoms with Crippen molar-refractivity contribution in [3.8, 4) is 5.75 Å². The van der Waals surface area contributed by atoms with Crippen LogP contribution in [0.25, 0.3) is 0 Å². The second-order valence-electron chi connectivity index (χ2n) is 7.17. The maximum absolute atomic E-state index is 13.1. The van der Waals surface area contributed by atoms with Crippen LogP contribution in [0.1, 0.15) is 23.2 Å². The van der Waals surface area contributed by atoms with E-state index in [0.29, 0.717) is 31.0 Å². The lowest BCUT2D eigenvalue weighted by molar-refractivity contribution is 0.0648. The minimum atomic E-state index is 0.0155. The number of para-hydroxylation sites is 2. The van der Waals surface area contributed by atoms with Crippen LogP contribution in [0.2, 0.25) is 5.02 Å². The van der Waals surface area contributed by atoms with E-state index in [4.69, 9.17) is 21.1 Å². The van der Waals surface area contributed by atoms with E-state index in [9.17, 15) is 4.79 Å². The van der Waals surface area contributed by atoms with Gasteiger partial charge in [0.25, 0.3) is 5.91 Å². The predicted molar refractivity (Wildman–Crippen MR) is 110 cm³/mol. The van der Waals surface area contributed by atoms with Gasteiger partial charge in [0, 0.05) is 32.8 Å². The van der Waals surface area contributed by atoms with Gasteiger partial charge in [0.2, 0.25) is 0 Å². The van der Waals surface area contributed by atoms with Crippen LogP contribution in [0.4, 0.5) is 5.69 Å². The van der Waals surface area contributed by atoms with E-state index < -0.39 is 0 Å². The highest BCUT2D eigenvalue weighted by Crippen LogP contribution is 2.27. The Bertz CT molecular complexity index is 815. The molecule has 2 aliphatic heterocycles. The molecule has 0 aliphatic carbocycles. The number of rotatable bonds is 5. The number of ether oxygens (including phenoxy) is 2. The zero-order valence-corrected chi connectivity index (χ0v) is 16.6. The molecule has 6 heteroatoms. The number of carbonyl (C=O) groups excluding carboxylic acids is 1. The van der Waals surface area contributed by atoms with Crippen molar-refractivity contribution in [1.82, 2.24) is 4.90 Å². The average Bonchev–Trinajstić information content (AvgIpc) is 3.26. The quantitative estimate of drug-likeness (QED) is 0.764. The number of hydrogen-bond acceptors (Lipinski definition) is 4. The number of piperazine rings is 1. The maximum Gasteiger partial charge on any atom is 0.257 e. The van der Waals surface area contributed by atoms with E-state index in [-0.39, 0.29) is 12.0 Å². The summed E-state index contributed by atoms with van der Waals surface area (Å²) < 4.78 is 11.6. The number of carbonyl (C=O) groups is 1. The summed E-state index contributed by atoms with van der Waals surface area (Å²) in [5.41, 5.74) is 1.64. The van der Waals surface area contributed by atoms with E-state index in [1.54, 1.807) is 0 Å². The van der Waals surface area contributed by atoms with Gasteiger partial charge in [-0.25, -0.2) is 0 Å². The summed E-state index contributed by atoms with van der Waals surface area (Å²) >= 11 is 6.31. The van der Waals surface area contributed by atoms with Crippen molar-refractivity contribution in [3.05, 3.63) is 59.1 Å². The molecule has 2 fully saturated rings. The summed E-state index contributed by atoms with van der Waals surface area (Å²) in [5.74, 6) is 0.651. The second kappa shape index (κ2) is 8.84. The average molecular weight is 401 g/mol. The fourth-order valence-electron chi connectivity index (χ4n) is 3.76. The molecular weight excluding hydrogens is 376 g/mol. The molecular formula is C22H25ClN2O3. The second-order valence-corrected chi connectivity index (χ2v) is 7.58. The summed E-state index contributed by atoms with van der Waals surface area (Å²) in [5, 5.41) is 0.746. The number of amides is 1. The van der Waals surface area contributed by atoms with Crippen LogP contribution in [-0.4, -0.2) is 56.3 Å². The van der Waals surface area contributed by atoms with E-state index >= 15 is 0 Å². The fourth-order valence-corrected chi connectivity index (χ4v) is 4.01. The minimum absolute atomic E-state index is 0.0155. The minimum Gasteiger partial charge on any atom is -0.490 e.